The number of nitrogens with one attached hydrogen (secondary N) is 1. The molecule has 2 unspecified atom stereocenters. The molecule has 0 aromatic heterocycles. The molecular weight excluding hydrogens is 244 g/mol. The quantitative estimate of drug-likeness (QED) is 0.819. The van der Waals surface area contributed by atoms with Gasteiger partial charge in [0.1, 0.15) is 0 Å². The fourth-order valence-electron chi connectivity index (χ4n) is 3.22. The zero-order chi connectivity index (χ0) is 14.2. The number of piperazine rings is 1. The molecule has 1 aromatic carbocycles. The summed E-state index contributed by atoms with van der Waals surface area (Å²) in [5, 5.41) is 3.77. The summed E-state index contributed by atoms with van der Waals surface area (Å²) in [5.74, 6) is 0. The molecule has 1 heterocycles. The molecule has 2 atom stereocenters. The molecule has 2 heteroatoms. The first-order chi connectivity index (χ1) is 9.83. The Hall–Kier alpha value is -0.860. The molecule has 0 amide bonds. The molecular formula is C18H30N2. The molecule has 112 valence electrons. The zero-order valence-electron chi connectivity index (χ0n) is 13.1. The first-order valence-electron chi connectivity index (χ1n) is 8.34. The fraction of sp³-hybridized carbons (Fsp3) is 0.667. The molecule has 0 spiro atoms. The fourth-order valence-corrected chi connectivity index (χ4v) is 3.22. The molecule has 20 heavy (non-hydrogen) atoms. The first-order valence-corrected chi connectivity index (χ1v) is 8.34. The van der Waals surface area contributed by atoms with Crippen molar-refractivity contribution in [3.8, 4) is 0 Å². The predicted octanol–water partition coefficient (Wildman–Crippen LogP) is 3.47. The topological polar surface area (TPSA) is 15.3 Å². The summed E-state index contributed by atoms with van der Waals surface area (Å²) in [4.78, 5) is 2.73. The molecule has 1 N–H and O–H groups in total. The van der Waals surface area contributed by atoms with Crippen LogP contribution in [0.5, 0.6) is 0 Å². The highest BCUT2D eigenvalue weighted by atomic mass is 15.2. The normalized spacial score (nSPS) is 23.9. The lowest BCUT2D eigenvalue weighted by atomic mass is 9.99. The first kappa shape index (κ1) is 15.5. The third kappa shape index (κ3) is 4.60. The average Bonchev–Trinajstić information content (AvgIpc) is 2.48. The van der Waals surface area contributed by atoms with Crippen LogP contribution >= 0.6 is 0 Å². The van der Waals surface area contributed by atoms with Gasteiger partial charge in [-0.05, 0) is 31.4 Å². The Morgan fingerprint density at radius 3 is 2.65 bits per heavy atom. The lowest BCUT2D eigenvalue weighted by molar-refractivity contribution is 0.120. The minimum atomic E-state index is 0.613. The number of hydrogen-bond acceptors (Lipinski definition) is 2. The smallest absolute Gasteiger partial charge is 0.0236 e. The van der Waals surface area contributed by atoms with Gasteiger partial charge in [-0.15, -0.1) is 0 Å². The summed E-state index contributed by atoms with van der Waals surface area (Å²) in [6.07, 6.45) is 6.40. The van der Waals surface area contributed by atoms with Gasteiger partial charge in [-0.1, -0.05) is 57.0 Å². The van der Waals surface area contributed by atoms with Crippen molar-refractivity contribution in [3.63, 3.8) is 0 Å². The van der Waals surface area contributed by atoms with E-state index in [4.69, 9.17) is 0 Å². The zero-order valence-corrected chi connectivity index (χ0v) is 13.1. The largest absolute Gasteiger partial charge is 0.311 e. The highest BCUT2D eigenvalue weighted by Gasteiger charge is 2.26. The van der Waals surface area contributed by atoms with Gasteiger partial charge in [0.2, 0.25) is 0 Å². The summed E-state index contributed by atoms with van der Waals surface area (Å²) in [6, 6.07) is 12.2. The maximum atomic E-state index is 3.77. The van der Waals surface area contributed by atoms with Gasteiger partial charge < -0.3 is 5.32 Å². The van der Waals surface area contributed by atoms with Crippen LogP contribution in [0.2, 0.25) is 0 Å². The SMILES string of the molecule is CCCCN1CC(Cc2ccccc2)NCC1CCC. The molecule has 2 nitrogen and oxygen atoms in total. The van der Waals surface area contributed by atoms with Crippen LogP contribution in [0.3, 0.4) is 0 Å². The number of hydrogen-bond donors (Lipinski definition) is 1. The molecule has 1 aromatic rings. The van der Waals surface area contributed by atoms with E-state index in [1.165, 1.54) is 44.3 Å². The maximum absolute atomic E-state index is 3.77. The predicted molar refractivity (Wildman–Crippen MR) is 87.1 cm³/mol. The van der Waals surface area contributed by atoms with Crippen LogP contribution in [-0.2, 0) is 6.42 Å². The van der Waals surface area contributed by atoms with E-state index in [0.717, 1.165) is 19.0 Å². The van der Waals surface area contributed by atoms with E-state index in [1.807, 2.05) is 0 Å². The lowest BCUT2D eigenvalue weighted by Crippen LogP contribution is -2.57. The van der Waals surface area contributed by atoms with Crippen molar-refractivity contribution in [2.75, 3.05) is 19.6 Å². The maximum Gasteiger partial charge on any atom is 0.0236 e. The molecule has 1 aliphatic heterocycles. The minimum Gasteiger partial charge on any atom is -0.311 e. The number of rotatable bonds is 7. The summed E-state index contributed by atoms with van der Waals surface area (Å²) in [7, 11) is 0. The van der Waals surface area contributed by atoms with Crippen molar-refractivity contribution in [3.05, 3.63) is 35.9 Å². The van der Waals surface area contributed by atoms with Crippen molar-refractivity contribution in [1.82, 2.24) is 10.2 Å². The highest BCUT2D eigenvalue weighted by Crippen LogP contribution is 2.15. The second-order valence-corrected chi connectivity index (χ2v) is 6.09. The Bertz CT molecular complexity index is 363. The van der Waals surface area contributed by atoms with Crippen LogP contribution in [0.1, 0.15) is 45.1 Å². The summed E-state index contributed by atoms with van der Waals surface area (Å²) in [5.41, 5.74) is 1.45. The Morgan fingerprint density at radius 1 is 1.15 bits per heavy atom. The third-order valence-corrected chi connectivity index (χ3v) is 4.36. The molecule has 1 saturated heterocycles. The Morgan fingerprint density at radius 2 is 1.95 bits per heavy atom. The van der Waals surface area contributed by atoms with Gasteiger partial charge in [-0.25, -0.2) is 0 Å². The molecule has 1 fully saturated rings. The van der Waals surface area contributed by atoms with Crippen molar-refractivity contribution in [2.45, 2.75) is 58.0 Å². The molecule has 0 aliphatic carbocycles. The van der Waals surface area contributed by atoms with Gasteiger partial charge in [0.25, 0.3) is 0 Å². The number of benzene rings is 1. The van der Waals surface area contributed by atoms with E-state index >= 15 is 0 Å². The monoisotopic (exact) mass is 274 g/mol. The van der Waals surface area contributed by atoms with Gasteiger partial charge in [0.15, 0.2) is 0 Å². The Balaban J connectivity index is 1.90. The van der Waals surface area contributed by atoms with Crippen molar-refractivity contribution >= 4 is 0 Å². The lowest BCUT2D eigenvalue weighted by Gasteiger charge is -2.40. The van der Waals surface area contributed by atoms with Crippen molar-refractivity contribution < 1.29 is 0 Å². The summed E-state index contributed by atoms with van der Waals surface area (Å²) >= 11 is 0. The second-order valence-electron chi connectivity index (χ2n) is 6.09. The average molecular weight is 274 g/mol. The second kappa shape index (κ2) is 8.43. The van der Waals surface area contributed by atoms with E-state index in [2.05, 4.69) is 54.4 Å². The van der Waals surface area contributed by atoms with Gasteiger partial charge in [0.05, 0.1) is 0 Å². The number of unbranched alkanes of at least 4 members (excludes halogenated alkanes) is 1. The molecule has 0 radical (unpaired) electrons. The molecule has 0 saturated carbocycles. The van der Waals surface area contributed by atoms with Crippen LogP contribution in [0.4, 0.5) is 0 Å². The standard InChI is InChI=1S/C18H30N2/c1-3-5-12-20-15-17(19-14-18(20)9-4-2)13-16-10-7-6-8-11-16/h6-8,10-11,17-19H,3-5,9,12-15H2,1-2H3. The van der Waals surface area contributed by atoms with Gasteiger partial charge >= 0.3 is 0 Å². The molecule has 0 bridgehead atoms. The van der Waals surface area contributed by atoms with Crippen LogP contribution < -0.4 is 5.32 Å². The van der Waals surface area contributed by atoms with Crippen LogP contribution in [-0.4, -0.2) is 36.6 Å². The van der Waals surface area contributed by atoms with Crippen molar-refractivity contribution in [1.29, 1.82) is 0 Å². The van der Waals surface area contributed by atoms with Gasteiger partial charge in [0, 0.05) is 25.2 Å². The van der Waals surface area contributed by atoms with E-state index in [-0.39, 0.29) is 0 Å². The highest BCUT2D eigenvalue weighted by molar-refractivity contribution is 5.16. The van der Waals surface area contributed by atoms with E-state index in [0.29, 0.717) is 6.04 Å². The Kier molecular flexibility index (Phi) is 6.55. The summed E-state index contributed by atoms with van der Waals surface area (Å²) < 4.78 is 0. The van der Waals surface area contributed by atoms with Crippen LogP contribution in [0.25, 0.3) is 0 Å². The van der Waals surface area contributed by atoms with Crippen LogP contribution in [0, 0.1) is 0 Å². The van der Waals surface area contributed by atoms with E-state index < -0.39 is 0 Å². The van der Waals surface area contributed by atoms with Gasteiger partial charge in [-0.2, -0.15) is 0 Å². The minimum absolute atomic E-state index is 0.613. The van der Waals surface area contributed by atoms with Crippen LogP contribution in [0.15, 0.2) is 30.3 Å². The van der Waals surface area contributed by atoms with E-state index in [1.54, 1.807) is 0 Å². The third-order valence-electron chi connectivity index (χ3n) is 4.36. The summed E-state index contributed by atoms with van der Waals surface area (Å²) in [6.45, 7) is 8.23. The van der Waals surface area contributed by atoms with Gasteiger partial charge in [-0.3, -0.25) is 4.90 Å². The molecule has 2 rings (SSSR count). The van der Waals surface area contributed by atoms with E-state index in [9.17, 15) is 0 Å². The molecule has 1 aliphatic rings. The number of nitrogens with zero attached hydrogens (tertiary/aromatic N) is 1. The Labute approximate surface area is 124 Å². The van der Waals surface area contributed by atoms with Crippen molar-refractivity contribution in [2.24, 2.45) is 0 Å².